The zero-order chi connectivity index (χ0) is 20.4. The van der Waals surface area contributed by atoms with Crippen LogP contribution in [0.1, 0.15) is 12.2 Å². The lowest BCUT2D eigenvalue weighted by molar-refractivity contribution is 0.578. The highest BCUT2D eigenvalue weighted by Crippen LogP contribution is 2.20. The SMILES string of the molecule is Cn1cc(-c2ccc(S(=O)(=O)NCCCc3nc4ccc(F)cc4[nH]3)cc2)cn1. The Hall–Kier alpha value is -3.04. The highest BCUT2D eigenvalue weighted by Gasteiger charge is 2.14. The second-order valence-electron chi connectivity index (χ2n) is 6.77. The number of H-pyrrole nitrogens is 1. The summed E-state index contributed by atoms with van der Waals surface area (Å²) in [6, 6.07) is 11.1. The molecule has 2 aromatic carbocycles. The Labute approximate surface area is 167 Å². The molecule has 0 radical (unpaired) electrons. The summed E-state index contributed by atoms with van der Waals surface area (Å²) in [5.74, 6) is 0.376. The minimum Gasteiger partial charge on any atom is -0.342 e. The number of nitrogens with zero attached hydrogens (tertiary/aromatic N) is 3. The molecule has 0 amide bonds. The first-order chi connectivity index (χ1) is 13.9. The quantitative estimate of drug-likeness (QED) is 0.456. The molecule has 0 fully saturated rings. The summed E-state index contributed by atoms with van der Waals surface area (Å²) < 4.78 is 42.5. The first-order valence-corrected chi connectivity index (χ1v) is 10.6. The van der Waals surface area contributed by atoms with Gasteiger partial charge in [-0.25, -0.2) is 22.5 Å². The van der Waals surface area contributed by atoms with Gasteiger partial charge in [0, 0.05) is 31.8 Å². The molecule has 0 aliphatic carbocycles. The summed E-state index contributed by atoms with van der Waals surface area (Å²) in [4.78, 5) is 7.65. The number of halogens is 1. The highest BCUT2D eigenvalue weighted by molar-refractivity contribution is 7.89. The molecule has 0 atom stereocenters. The zero-order valence-corrected chi connectivity index (χ0v) is 16.6. The Morgan fingerprint density at radius 1 is 1.14 bits per heavy atom. The van der Waals surface area contributed by atoms with Crippen LogP contribution in [0.2, 0.25) is 0 Å². The van der Waals surface area contributed by atoms with Gasteiger partial charge in [0.2, 0.25) is 10.0 Å². The van der Waals surface area contributed by atoms with Crippen LogP contribution in [0.15, 0.2) is 59.8 Å². The minimum absolute atomic E-state index is 0.212. The van der Waals surface area contributed by atoms with Crippen LogP contribution < -0.4 is 4.72 Å². The number of sulfonamides is 1. The normalized spacial score (nSPS) is 11.9. The van der Waals surface area contributed by atoms with Crippen LogP contribution in [-0.2, 0) is 23.5 Å². The number of aromatic amines is 1. The van der Waals surface area contributed by atoms with Crippen molar-refractivity contribution >= 4 is 21.1 Å². The summed E-state index contributed by atoms with van der Waals surface area (Å²) in [6.45, 7) is 0.276. The Balaban J connectivity index is 1.34. The lowest BCUT2D eigenvalue weighted by atomic mass is 10.1. The Kier molecular flexibility index (Phi) is 5.16. The van der Waals surface area contributed by atoms with Gasteiger partial charge in [0.05, 0.1) is 22.1 Å². The molecule has 0 aliphatic rings. The van der Waals surface area contributed by atoms with Crippen LogP contribution in [0.3, 0.4) is 0 Å². The van der Waals surface area contributed by atoms with E-state index in [2.05, 4.69) is 19.8 Å². The van der Waals surface area contributed by atoms with Gasteiger partial charge in [0.25, 0.3) is 0 Å². The molecule has 0 saturated carbocycles. The van der Waals surface area contributed by atoms with E-state index in [1.807, 2.05) is 13.2 Å². The van der Waals surface area contributed by atoms with Gasteiger partial charge in [-0.1, -0.05) is 12.1 Å². The van der Waals surface area contributed by atoms with Gasteiger partial charge in [0.1, 0.15) is 11.6 Å². The Morgan fingerprint density at radius 3 is 2.66 bits per heavy atom. The maximum atomic E-state index is 13.2. The van der Waals surface area contributed by atoms with E-state index in [0.29, 0.717) is 29.7 Å². The first-order valence-electron chi connectivity index (χ1n) is 9.14. The standard InChI is InChI=1S/C20H20FN5O2S/c1-26-13-15(12-22-26)14-4-7-17(8-5-14)29(27,28)23-10-2-3-20-24-18-9-6-16(21)11-19(18)25-20/h4-9,11-13,23H,2-3,10H2,1H3,(H,24,25). The Morgan fingerprint density at radius 2 is 1.93 bits per heavy atom. The molecule has 2 aromatic heterocycles. The van der Waals surface area contributed by atoms with Crippen molar-refractivity contribution in [3.05, 3.63) is 66.5 Å². The van der Waals surface area contributed by atoms with E-state index in [1.165, 1.54) is 12.1 Å². The maximum Gasteiger partial charge on any atom is 0.240 e. The molecule has 150 valence electrons. The van der Waals surface area contributed by atoms with Crippen molar-refractivity contribution in [3.63, 3.8) is 0 Å². The number of aryl methyl sites for hydroxylation is 2. The van der Waals surface area contributed by atoms with Gasteiger partial charge >= 0.3 is 0 Å². The average molecular weight is 413 g/mol. The highest BCUT2D eigenvalue weighted by atomic mass is 32.2. The number of hydrogen-bond donors (Lipinski definition) is 2. The molecule has 0 aliphatic heterocycles. The van der Waals surface area contributed by atoms with Crippen LogP contribution in [0.25, 0.3) is 22.2 Å². The van der Waals surface area contributed by atoms with Crippen molar-refractivity contribution in [1.29, 1.82) is 0 Å². The van der Waals surface area contributed by atoms with Crippen molar-refractivity contribution in [2.24, 2.45) is 7.05 Å². The molecule has 0 bridgehead atoms. The molecular formula is C20H20FN5O2S. The largest absolute Gasteiger partial charge is 0.342 e. The zero-order valence-electron chi connectivity index (χ0n) is 15.8. The van der Waals surface area contributed by atoms with Gasteiger partial charge in [-0.3, -0.25) is 4.68 Å². The van der Waals surface area contributed by atoms with Gasteiger partial charge < -0.3 is 4.98 Å². The fraction of sp³-hybridized carbons (Fsp3) is 0.200. The summed E-state index contributed by atoms with van der Waals surface area (Å²) in [5, 5.41) is 4.12. The van der Waals surface area contributed by atoms with Gasteiger partial charge in [0.15, 0.2) is 0 Å². The molecule has 0 unspecified atom stereocenters. The third-order valence-corrected chi connectivity index (χ3v) is 6.06. The average Bonchev–Trinajstić information content (AvgIpc) is 3.31. The topological polar surface area (TPSA) is 92.7 Å². The molecule has 9 heteroatoms. The molecular weight excluding hydrogens is 393 g/mol. The number of rotatable bonds is 7. The lowest BCUT2D eigenvalue weighted by Gasteiger charge is -2.07. The fourth-order valence-electron chi connectivity index (χ4n) is 3.10. The first kappa shape index (κ1) is 19.3. The predicted octanol–water partition coefficient (Wildman–Crippen LogP) is 3.01. The van der Waals surface area contributed by atoms with Crippen LogP contribution in [-0.4, -0.2) is 34.7 Å². The molecule has 29 heavy (non-hydrogen) atoms. The molecule has 2 heterocycles. The van der Waals surface area contributed by atoms with E-state index in [9.17, 15) is 12.8 Å². The van der Waals surface area contributed by atoms with E-state index < -0.39 is 10.0 Å². The molecule has 4 rings (SSSR count). The number of imidazole rings is 1. The van der Waals surface area contributed by atoms with E-state index in [1.54, 1.807) is 41.2 Å². The Bertz CT molecular complexity index is 1250. The molecule has 7 nitrogen and oxygen atoms in total. The van der Waals surface area contributed by atoms with Crippen LogP contribution in [0.4, 0.5) is 4.39 Å². The third-order valence-electron chi connectivity index (χ3n) is 4.58. The van der Waals surface area contributed by atoms with E-state index >= 15 is 0 Å². The van der Waals surface area contributed by atoms with Crippen LogP contribution >= 0.6 is 0 Å². The van der Waals surface area contributed by atoms with Crippen LogP contribution in [0, 0.1) is 5.82 Å². The lowest BCUT2D eigenvalue weighted by Crippen LogP contribution is -2.25. The summed E-state index contributed by atoms with van der Waals surface area (Å²) in [5.41, 5.74) is 3.15. The smallest absolute Gasteiger partial charge is 0.240 e. The van der Waals surface area contributed by atoms with E-state index in [-0.39, 0.29) is 17.3 Å². The number of aromatic nitrogens is 4. The van der Waals surface area contributed by atoms with Crippen LogP contribution in [0.5, 0.6) is 0 Å². The second kappa shape index (κ2) is 7.76. The van der Waals surface area contributed by atoms with Crippen molar-refractivity contribution in [1.82, 2.24) is 24.5 Å². The van der Waals surface area contributed by atoms with Crippen molar-refractivity contribution < 1.29 is 12.8 Å². The summed E-state index contributed by atoms with van der Waals surface area (Å²) >= 11 is 0. The predicted molar refractivity (Wildman–Crippen MR) is 108 cm³/mol. The maximum absolute atomic E-state index is 13.2. The molecule has 4 aromatic rings. The number of fused-ring (bicyclic) bond motifs is 1. The van der Waals surface area contributed by atoms with E-state index in [4.69, 9.17) is 0 Å². The molecule has 2 N–H and O–H groups in total. The van der Waals surface area contributed by atoms with Gasteiger partial charge in [-0.05, 0) is 42.3 Å². The number of hydrogen-bond acceptors (Lipinski definition) is 4. The van der Waals surface area contributed by atoms with Crippen molar-refractivity contribution in [3.8, 4) is 11.1 Å². The van der Waals surface area contributed by atoms with Gasteiger partial charge in [-0.2, -0.15) is 5.10 Å². The monoisotopic (exact) mass is 413 g/mol. The summed E-state index contributed by atoms with van der Waals surface area (Å²) in [7, 11) is -1.76. The van der Waals surface area contributed by atoms with E-state index in [0.717, 1.165) is 11.1 Å². The van der Waals surface area contributed by atoms with Crippen molar-refractivity contribution in [2.75, 3.05) is 6.54 Å². The number of benzene rings is 2. The second-order valence-corrected chi connectivity index (χ2v) is 8.54. The van der Waals surface area contributed by atoms with Gasteiger partial charge in [-0.15, -0.1) is 0 Å². The molecule has 0 spiro atoms. The molecule has 0 saturated heterocycles. The minimum atomic E-state index is -3.59. The number of nitrogens with one attached hydrogen (secondary N) is 2. The summed E-state index contributed by atoms with van der Waals surface area (Å²) in [6.07, 6.45) is 4.72. The van der Waals surface area contributed by atoms with Crippen molar-refractivity contribution in [2.45, 2.75) is 17.7 Å². The fourth-order valence-corrected chi connectivity index (χ4v) is 4.17. The third kappa shape index (κ3) is 4.36.